The predicted octanol–water partition coefficient (Wildman–Crippen LogP) is 1.20. The maximum absolute atomic E-state index is 13.8. The van der Waals surface area contributed by atoms with Gasteiger partial charge in [0.25, 0.3) is 5.56 Å². The van der Waals surface area contributed by atoms with Crippen molar-refractivity contribution in [1.29, 1.82) is 0 Å². The van der Waals surface area contributed by atoms with Gasteiger partial charge in [0, 0.05) is 29.4 Å². The van der Waals surface area contributed by atoms with Crippen LogP contribution in [0.5, 0.6) is 0 Å². The minimum Gasteiger partial charge on any atom is -0.330 e. The van der Waals surface area contributed by atoms with Crippen LogP contribution in [0.1, 0.15) is 12.0 Å². The van der Waals surface area contributed by atoms with Gasteiger partial charge in [0.05, 0.1) is 6.54 Å². The van der Waals surface area contributed by atoms with Crippen molar-refractivity contribution in [3.63, 3.8) is 0 Å². The molecule has 0 aliphatic rings. The molecule has 0 aliphatic carbocycles. The largest absolute Gasteiger partial charge is 0.331 e. The second-order valence-corrected chi connectivity index (χ2v) is 5.03. The second-order valence-electron chi connectivity index (χ2n) is 4.59. The Morgan fingerprint density at radius 1 is 1.24 bits per heavy atom. The Bertz CT molecular complexity index is 755. The minimum absolute atomic E-state index is 0.0325. The van der Waals surface area contributed by atoms with Gasteiger partial charge >= 0.3 is 5.69 Å². The van der Waals surface area contributed by atoms with Gasteiger partial charge in [-0.05, 0) is 25.1 Å². The van der Waals surface area contributed by atoms with Crippen molar-refractivity contribution >= 4 is 11.6 Å². The zero-order chi connectivity index (χ0) is 15.4. The first-order chi connectivity index (χ1) is 10.0. The fourth-order valence-corrected chi connectivity index (χ4v) is 2.12. The molecule has 0 fully saturated rings. The fraction of sp³-hybridized carbons (Fsp3) is 0.286. The monoisotopic (exact) mass is 311 g/mol. The van der Waals surface area contributed by atoms with E-state index in [-0.39, 0.29) is 23.7 Å². The Morgan fingerprint density at radius 2 is 2.00 bits per heavy atom. The number of rotatable bonds is 5. The molecule has 7 heteroatoms. The van der Waals surface area contributed by atoms with E-state index in [2.05, 4.69) is 0 Å². The van der Waals surface area contributed by atoms with Gasteiger partial charge in [-0.2, -0.15) is 0 Å². The summed E-state index contributed by atoms with van der Waals surface area (Å²) in [6.45, 7) is 0.662. The van der Waals surface area contributed by atoms with Crippen LogP contribution >= 0.6 is 11.6 Å². The molecule has 1 heterocycles. The molecule has 0 radical (unpaired) electrons. The van der Waals surface area contributed by atoms with Crippen LogP contribution in [0, 0.1) is 5.82 Å². The number of halogens is 2. The lowest BCUT2D eigenvalue weighted by Crippen LogP contribution is -2.39. The molecule has 112 valence electrons. The maximum Gasteiger partial charge on any atom is 0.331 e. The van der Waals surface area contributed by atoms with Crippen molar-refractivity contribution in [2.45, 2.75) is 19.5 Å². The molecule has 2 rings (SSSR count). The van der Waals surface area contributed by atoms with Gasteiger partial charge in [-0.3, -0.25) is 13.9 Å². The summed E-state index contributed by atoms with van der Waals surface area (Å²) in [5.74, 6) is -0.492. The van der Waals surface area contributed by atoms with Gasteiger partial charge in [0.15, 0.2) is 0 Å². The van der Waals surface area contributed by atoms with Crippen molar-refractivity contribution in [2.75, 3.05) is 6.54 Å². The highest BCUT2D eigenvalue weighted by molar-refractivity contribution is 6.30. The molecule has 1 aromatic heterocycles. The van der Waals surface area contributed by atoms with Crippen molar-refractivity contribution in [1.82, 2.24) is 9.13 Å². The smallest absolute Gasteiger partial charge is 0.330 e. The number of benzene rings is 1. The maximum atomic E-state index is 13.8. The fourth-order valence-electron chi connectivity index (χ4n) is 1.97. The third kappa shape index (κ3) is 3.59. The highest BCUT2D eigenvalue weighted by Crippen LogP contribution is 2.14. The van der Waals surface area contributed by atoms with Gasteiger partial charge < -0.3 is 5.73 Å². The summed E-state index contributed by atoms with van der Waals surface area (Å²) in [6, 6.07) is 5.53. The summed E-state index contributed by atoms with van der Waals surface area (Å²) in [7, 11) is 0. The van der Waals surface area contributed by atoms with Crippen LogP contribution < -0.4 is 17.0 Å². The molecule has 0 saturated heterocycles. The van der Waals surface area contributed by atoms with Crippen molar-refractivity contribution in [2.24, 2.45) is 5.73 Å². The zero-order valence-electron chi connectivity index (χ0n) is 11.3. The Hall–Kier alpha value is -1.92. The normalized spacial score (nSPS) is 10.8. The molecule has 2 N–H and O–H groups in total. The van der Waals surface area contributed by atoms with Gasteiger partial charge in [-0.1, -0.05) is 17.7 Å². The molecule has 0 atom stereocenters. The average Bonchev–Trinajstić information content (AvgIpc) is 2.44. The summed E-state index contributed by atoms with van der Waals surface area (Å²) >= 11 is 5.69. The van der Waals surface area contributed by atoms with E-state index in [0.29, 0.717) is 18.5 Å². The summed E-state index contributed by atoms with van der Waals surface area (Å²) in [6.07, 6.45) is 1.88. The molecular formula is C14H15ClFN3O2. The molecule has 0 saturated carbocycles. The van der Waals surface area contributed by atoms with E-state index >= 15 is 0 Å². The van der Waals surface area contributed by atoms with E-state index in [1.54, 1.807) is 6.07 Å². The first kappa shape index (κ1) is 15.5. The highest BCUT2D eigenvalue weighted by atomic mass is 35.5. The van der Waals surface area contributed by atoms with E-state index in [9.17, 15) is 14.0 Å². The third-order valence-electron chi connectivity index (χ3n) is 3.08. The zero-order valence-corrected chi connectivity index (χ0v) is 12.0. The Labute approximate surface area is 125 Å². The number of nitrogens with zero attached hydrogens (tertiary/aromatic N) is 2. The van der Waals surface area contributed by atoms with Crippen molar-refractivity contribution < 1.29 is 4.39 Å². The lowest BCUT2D eigenvalue weighted by molar-refractivity contribution is 0.543. The van der Waals surface area contributed by atoms with Crippen LogP contribution in [-0.4, -0.2) is 15.7 Å². The lowest BCUT2D eigenvalue weighted by Gasteiger charge is -2.10. The van der Waals surface area contributed by atoms with E-state index < -0.39 is 11.5 Å². The molecule has 0 spiro atoms. The topological polar surface area (TPSA) is 70.0 Å². The van der Waals surface area contributed by atoms with Crippen LogP contribution in [0.3, 0.4) is 0 Å². The first-order valence-electron chi connectivity index (χ1n) is 6.47. The quantitative estimate of drug-likeness (QED) is 0.902. The van der Waals surface area contributed by atoms with E-state index in [1.807, 2.05) is 0 Å². The van der Waals surface area contributed by atoms with Crippen LogP contribution in [0.2, 0.25) is 5.02 Å². The summed E-state index contributed by atoms with van der Waals surface area (Å²) in [5, 5.41) is 0.288. The number of hydrogen-bond donors (Lipinski definition) is 1. The summed E-state index contributed by atoms with van der Waals surface area (Å²) in [5.41, 5.74) is 4.84. The molecule has 0 aliphatic heterocycles. The Balaban J connectivity index is 2.36. The lowest BCUT2D eigenvalue weighted by atomic mass is 10.2. The van der Waals surface area contributed by atoms with Gasteiger partial charge in [0.2, 0.25) is 0 Å². The summed E-state index contributed by atoms with van der Waals surface area (Å²) < 4.78 is 16.1. The number of hydrogen-bond acceptors (Lipinski definition) is 3. The average molecular weight is 312 g/mol. The first-order valence-corrected chi connectivity index (χ1v) is 6.85. The number of aromatic nitrogens is 2. The van der Waals surface area contributed by atoms with Gasteiger partial charge in [-0.25, -0.2) is 9.18 Å². The molecular weight excluding hydrogens is 297 g/mol. The van der Waals surface area contributed by atoms with E-state index in [1.165, 1.54) is 29.0 Å². The molecule has 21 heavy (non-hydrogen) atoms. The van der Waals surface area contributed by atoms with Gasteiger partial charge in [-0.15, -0.1) is 0 Å². The van der Waals surface area contributed by atoms with Crippen LogP contribution in [0.15, 0.2) is 40.1 Å². The SMILES string of the molecule is NCCCn1c(=O)ccn(Cc2ccc(Cl)cc2F)c1=O. The summed E-state index contributed by atoms with van der Waals surface area (Å²) in [4.78, 5) is 23.9. The van der Waals surface area contributed by atoms with E-state index in [0.717, 1.165) is 4.57 Å². The van der Waals surface area contributed by atoms with Crippen LogP contribution in [0.4, 0.5) is 4.39 Å². The standard InChI is InChI=1S/C14H15ClFN3O2/c15-11-3-2-10(12(16)8-11)9-18-7-4-13(20)19(14(18)21)6-1-5-17/h2-4,7-8H,1,5-6,9,17H2. The minimum atomic E-state index is -0.492. The molecule has 0 bridgehead atoms. The van der Waals surface area contributed by atoms with E-state index in [4.69, 9.17) is 17.3 Å². The molecule has 2 aromatic rings. The Kier molecular flexibility index (Phi) is 4.93. The van der Waals surface area contributed by atoms with Crippen molar-refractivity contribution in [3.05, 3.63) is 67.7 Å². The van der Waals surface area contributed by atoms with Gasteiger partial charge in [0.1, 0.15) is 5.82 Å². The number of nitrogens with two attached hydrogens (primary N) is 1. The van der Waals surface area contributed by atoms with Crippen LogP contribution in [-0.2, 0) is 13.1 Å². The Morgan fingerprint density at radius 3 is 2.67 bits per heavy atom. The molecule has 1 aromatic carbocycles. The third-order valence-corrected chi connectivity index (χ3v) is 3.32. The van der Waals surface area contributed by atoms with Crippen molar-refractivity contribution in [3.8, 4) is 0 Å². The molecule has 5 nitrogen and oxygen atoms in total. The predicted molar refractivity (Wildman–Crippen MR) is 79.1 cm³/mol. The molecule has 0 unspecified atom stereocenters. The molecule has 0 amide bonds. The second kappa shape index (κ2) is 6.69. The highest BCUT2D eigenvalue weighted by Gasteiger charge is 2.08. The van der Waals surface area contributed by atoms with Crippen LogP contribution in [0.25, 0.3) is 0 Å².